The summed E-state index contributed by atoms with van der Waals surface area (Å²) in [7, 11) is 0. The van der Waals surface area contributed by atoms with Crippen molar-refractivity contribution >= 4 is 11.8 Å². The predicted octanol–water partition coefficient (Wildman–Crippen LogP) is 1.58. The number of amides is 2. The average molecular weight is 318 g/mol. The first-order chi connectivity index (χ1) is 11.0. The van der Waals surface area contributed by atoms with E-state index in [-0.39, 0.29) is 30.4 Å². The summed E-state index contributed by atoms with van der Waals surface area (Å²) in [6, 6.07) is 5.08. The van der Waals surface area contributed by atoms with Crippen LogP contribution in [0.1, 0.15) is 32.3 Å². The van der Waals surface area contributed by atoms with Gasteiger partial charge in [0.25, 0.3) is 0 Å². The number of nitrogens with one attached hydrogen (secondary N) is 2. The minimum Gasteiger partial charge on any atom is -0.454 e. The van der Waals surface area contributed by atoms with Crippen LogP contribution in [0.25, 0.3) is 0 Å². The van der Waals surface area contributed by atoms with Gasteiger partial charge in [-0.3, -0.25) is 9.59 Å². The molecule has 1 fully saturated rings. The van der Waals surface area contributed by atoms with Crippen molar-refractivity contribution in [3.8, 4) is 11.5 Å². The van der Waals surface area contributed by atoms with Crippen LogP contribution in [-0.2, 0) is 16.1 Å². The van der Waals surface area contributed by atoms with E-state index < -0.39 is 6.04 Å². The Morgan fingerprint density at radius 1 is 1.22 bits per heavy atom. The van der Waals surface area contributed by atoms with Gasteiger partial charge < -0.3 is 20.1 Å². The molecule has 1 saturated carbocycles. The van der Waals surface area contributed by atoms with Crippen molar-refractivity contribution < 1.29 is 19.1 Å². The second-order valence-corrected chi connectivity index (χ2v) is 6.41. The molecule has 1 aliphatic carbocycles. The molecule has 23 heavy (non-hydrogen) atoms. The van der Waals surface area contributed by atoms with Gasteiger partial charge >= 0.3 is 0 Å². The summed E-state index contributed by atoms with van der Waals surface area (Å²) in [5.74, 6) is 1.37. The minimum atomic E-state index is -0.503. The van der Waals surface area contributed by atoms with Gasteiger partial charge in [0.1, 0.15) is 6.04 Å². The molecule has 0 bridgehead atoms. The third-order valence-corrected chi connectivity index (χ3v) is 4.10. The largest absolute Gasteiger partial charge is 0.454 e. The molecule has 124 valence electrons. The number of carbonyl (C=O) groups excluding carboxylic acids is 2. The van der Waals surface area contributed by atoms with Gasteiger partial charge in [-0.2, -0.15) is 0 Å². The lowest BCUT2D eigenvalue weighted by Crippen LogP contribution is -2.49. The van der Waals surface area contributed by atoms with Crippen LogP contribution < -0.4 is 20.1 Å². The van der Waals surface area contributed by atoms with Crippen molar-refractivity contribution in [2.75, 3.05) is 6.79 Å². The van der Waals surface area contributed by atoms with E-state index in [1.54, 1.807) is 0 Å². The van der Waals surface area contributed by atoms with E-state index in [1.807, 2.05) is 32.0 Å². The van der Waals surface area contributed by atoms with Crippen molar-refractivity contribution in [1.29, 1.82) is 0 Å². The summed E-state index contributed by atoms with van der Waals surface area (Å²) >= 11 is 0. The molecule has 0 radical (unpaired) electrons. The lowest BCUT2D eigenvalue weighted by Gasteiger charge is -2.21. The van der Waals surface area contributed by atoms with E-state index >= 15 is 0 Å². The van der Waals surface area contributed by atoms with Crippen molar-refractivity contribution in [2.45, 2.75) is 39.3 Å². The van der Waals surface area contributed by atoms with Gasteiger partial charge in [-0.25, -0.2) is 0 Å². The maximum Gasteiger partial charge on any atom is 0.243 e. The van der Waals surface area contributed by atoms with Gasteiger partial charge in [0, 0.05) is 12.5 Å². The zero-order valence-corrected chi connectivity index (χ0v) is 13.4. The van der Waals surface area contributed by atoms with Crippen LogP contribution in [0.2, 0.25) is 0 Å². The van der Waals surface area contributed by atoms with Gasteiger partial charge in [0.05, 0.1) is 0 Å². The molecule has 1 heterocycles. The highest BCUT2D eigenvalue weighted by Crippen LogP contribution is 2.32. The molecule has 0 spiro atoms. The van der Waals surface area contributed by atoms with Crippen molar-refractivity contribution in [1.82, 2.24) is 10.6 Å². The number of hydrogen-bond donors (Lipinski definition) is 2. The monoisotopic (exact) mass is 318 g/mol. The van der Waals surface area contributed by atoms with Crippen molar-refractivity contribution in [3.05, 3.63) is 23.8 Å². The van der Waals surface area contributed by atoms with Gasteiger partial charge in [0.15, 0.2) is 11.5 Å². The zero-order valence-electron chi connectivity index (χ0n) is 13.4. The molecule has 2 N–H and O–H groups in total. The molecule has 1 aromatic carbocycles. The number of fused-ring (bicyclic) bond motifs is 1. The Morgan fingerprint density at radius 2 is 1.96 bits per heavy atom. The molecule has 0 aromatic heterocycles. The summed E-state index contributed by atoms with van der Waals surface area (Å²) in [4.78, 5) is 24.3. The molecule has 2 aliphatic rings. The van der Waals surface area contributed by atoms with Gasteiger partial charge in [-0.1, -0.05) is 19.9 Å². The number of hydrogen-bond acceptors (Lipinski definition) is 4. The molecule has 6 heteroatoms. The quantitative estimate of drug-likeness (QED) is 0.835. The summed E-state index contributed by atoms with van der Waals surface area (Å²) < 4.78 is 10.6. The fraction of sp³-hybridized carbons (Fsp3) is 0.529. The molecule has 1 aliphatic heterocycles. The molecular weight excluding hydrogens is 296 g/mol. The second kappa shape index (κ2) is 6.48. The van der Waals surface area contributed by atoms with E-state index in [4.69, 9.17) is 9.47 Å². The Balaban J connectivity index is 1.56. The first-order valence-electron chi connectivity index (χ1n) is 8.01. The molecule has 6 nitrogen and oxygen atoms in total. The number of ether oxygens (including phenoxy) is 2. The van der Waals surface area contributed by atoms with Crippen LogP contribution in [0.5, 0.6) is 11.5 Å². The minimum absolute atomic E-state index is 0.0121. The van der Waals surface area contributed by atoms with Crippen LogP contribution in [0.15, 0.2) is 18.2 Å². The molecule has 1 atom stereocenters. The molecular formula is C17H22N2O4. The number of benzene rings is 1. The highest BCUT2D eigenvalue weighted by molar-refractivity contribution is 5.89. The summed E-state index contributed by atoms with van der Waals surface area (Å²) in [6.07, 6.45) is 1.85. The molecule has 2 amide bonds. The lowest BCUT2D eigenvalue weighted by molar-refractivity contribution is -0.130. The Hall–Kier alpha value is -2.24. The van der Waals surface area contributed by atoms with E-state index in [9.17, 15) is 9.59 Å². The average Bonchev–Trinajstić information content (AvgIpc) is 3.28. The smallest absolute Gasteiger partial charge is 0.243 e. The summed E-state index contributed by atoms with van der Waals surface area (Å²) in [5.41, 5.74) is 0.929. The number of rotatable bonds is 6. The van der Waals surface area contributed by atoms with Crippen LogP contribution >= 0.6 is 0 Å². The summed E-state index contributed by atoms with van der Waals surface area (Å²) in [5, 5.41) is 5.75. The lowest BCUT2D eigenvalue weighted by atomic mass is 10.0. The highest BCUT2D eigenvalue weighted by Gasteiger charge is 2.33. The van der Waals surface area contributed by atoms with Gasteiger partial charge in [0.2, 0.25) is 18.6 Å². The first kappa shape index (κ1) is 15.6. The Morgan fingerprint density at radius 3 is 2.65 bits per heavy atom. The third kappa shape index (κ3) is 3.75. The maximum absolute atomic E-state index is 12.4. The molecule has 0 unspecified atom stereocenters. The van der Waals surface area contributed by atoms with Gasteiger partial charge in [-0.05, 0) is 36.5 Å². The summed E-state index contributed by atoms with van der Waals surface area (Å²) in [6.45, 7) is 4.47. The van der Waals surface area contributed by atoms with Crippen molar-refractivity contribution in [3.63, 3.8) is 0 Å². The van der Waals surface area contributed by atoms with E-state index in [0.717, 1.165) is 24.2 Å². The molecule has 3 rings (SSSR count). The Bertz CT molecular complexity index is 611. The normalized spacial score (nSPS) is 17.0. The zero-order chi connectivity index (χ0) is 16.4. The first-order valence-corrected chi connectivity index (χ1v) is 8.01. The Kier molecular flexibility index (Phi) is 4.41. The van der Waals surface area contributed by atoms with Gasteiger partial charge in [-0.15, -0.1) is 0 Å². The number of carbonyl (C=O) groups is 2. The topological polar surface area (TPSA) is 76.7 Å². The van der Waals surface area contributed by atoms with Crippen molar-refractivity contribution in [2.24, 2.45) is 11.8 Å². The van der Waals surface area contributed by atoms with Crippen LogP contribution in [0.4, 0.5) is 0 Å². The maximum atomic E-state index is 12.4. The standard InChI is InChI=1S/C17H22N2O4/c1-10(2)15(19-16(20)12-4-5-12)17(21)18-8-11-3-6-13-14(7-11)23-9-22-13/h3,6-7,10,12,15H,4-5,8-9H2,1-2H3,(H,18,21)(H,19,20)/t15-/m1/s1. The third-order valence-electron chi connectivity index (χ3n) is 4.10. The van der Waals surface area contributed by atoms with Crippen LogP contribution in [0, 0.1) is 11.8 Å². The highest BCUT2D eigenvalue weighted by atomic mass is 16.7. The fourth-order valence-corrected chi connectivity index (χ4v) is 2.50. The van der Waals surface area contributed by atoms with E-state index in [1.165, 1.54) is 0 Å². The molecule has 0 saturated heterocycles. The molecule has 1 aromatic rings. The second-order valence-electron chi connectivity index (χ2n) is 6.41. The van der Waals surface area contributed by atoms with Crippen LogP contribution in [0.3, 0.4) is 0 Å². The Labute approximate surface area is 135 Å². The fourth-order valence-electron chi connectivity index (χ4n) is 2.50. The van der Waals surface area contributed by atoms with E-state index in [2.05, 4.69) is 10.6 Å². The van der Waals surface area contributed by atoms with Crippen LogP contribution in [-0.4, -0.2) is 24.6 Å². The SMILES string of the molecule is CC(C)[C@@H](NC(=O)C1CC1)C(=O)NCc1ccc2c(c1)OCO2. The predicted molar refractivity (Wildman–Crippen MR) is 83.9 cm³/mol. The van der Waals surface area contributed by atoms with E-state index in [0.29, 0.717) is 12.3 Å².